The molecule has 4 N–H and O–H groups in total. The van der Waals surface area contributed by atoms with Gasteiger partial charge in [0, 0.05) is 5.02 Å². The standard InChI is InChI=1S/C14H17ClFN3O2/c15-9-4-5-11(16)10(8-9)12(20)18-14(13(17)19-21)6-2-1-3-7-14/h4-5,8,21H,1-3,6-7H2,(H2,17,19)(H,18,20). The summed E-state index contributed by atoms with van der Waals surface area (Å²) in [6.07, 6.45) is 3.80. The molecule has 1 aromatic rings. The van der Waals surface area contributed by atoms with E-state index in [2.05, 4.69) is 10.5 Å². The van der Waals surface area contributed by atoms with Crippen LogP contribution >= 0.6 is 11.6 Å². The Morgan fingerprint density at radius 2 is 2.05 bits per heavy atom. The largest absolute Gasteiger partial charge is 0.409 e. The van der Waals surface area contributed by atoms with Crippen LogP contribution in [0.1, 0.15) is 42.5 Å². The third kappa shape index (κ3) is 3.26. The van der Waals surface area contributed by atoms with Gasteiger partial charge in [-0.05, 0) is 31.0 Å². The number of hydrogen-bond acceptors (Lipinski definition) is 3. The fourth-order valence-electron chi connectivity index (χ4n) is 2.65. The molecule has 0 aliphatic heterocycles. The van der Waals surface area contributed by atoms with Crippen LogP contribution in [0.25, 0.3) is 0 Å². The van der Waals surface area contributed by atoms with Gasteiger partial charge in [-0.3, -0.25) is 4.79 Å². The highest BCUT2D eigenvalue weighted by Gasteiger charge is 2.38. The van der Waals surface area contributed by atoms with Gasteiger partial charge in [-0.2, -0.15) is 0 Å². The summed E-state index contributed by atoms with van der Waals surface area (Å²) < 4.78 is 13.8. The van der Waals surface area contributed by atoms with Gasteiger partial charge in [-0.25, -0.2) is 4.39 Å². The maximum absolute atomic E-state index is 13.8. The molecule has 1 amide bonds. The fraction of sp³-hybridized carbons (Fsp3) is 0.429. The summed E-state index contributed by atoms with van der Waals surface area (Å²) in [6.45, 7) is 0. The molecule has 0 bridgehead atoms. The smallest absolute Gasteiger partial charge is 0.255 e. The van der Waals surface area contributed by atoms with Crippen molar-refractivity contribution in [2.45, 2.75) is 37.6 Å². The first kappa shape index (κ1) is 15.6. The Balaban J connectivity index is 2.28. The molecule has 0 aromatic heterocycles. The lowest BCUT2D eigenvalue weighted by Crippen LogP contribution is -2.58. The summed E-state index contributed by atoms with van der Waals surface area (Å²) in [7, 11) is 0. The second-order valence-electron chi connectivity index (χ2n) is 5.21. The number of carbonyl (C=O) groups excluding carboxylic acids is 1. The molecular weight excluding hydrogens is 297 g/mol. The van der Waals surface area contributed by atoms with E-state index in [1.807, 2.05) is 0 Å². The Morgan fingerprint density at radius 1 is 1.38 bits per heavy atom. The van der Waals surface area contributed by atoms with Crippen LogP contribution in [0.3, 0.4) is 0 Å². The Kier molecular flexibility index (Phi) is 4.67. The molecule has 1 saturated carbocycles. The Bertz CT molecular complexity index is 571. The third-order valence-corrected chi connectivity index (χ3v) is 4.07. The minimum absolute atomic E-state index is 0.0574. The van der Waals surface area contributed by atoms with Crippen LogP contribution < -0.4 is 11.1 Å². The Hall–Kier alpha value is -1.82. The van der Waals surface area contributed by atoms with Crippen molar-refractivity contribution in [3.8, 4) is 0 Å². The minimum atomic E-state index is -0.932. The van der Waals surface area contributed by atoms with Crippen molar-refractivity contribution >= 4 is 23.3 Å². The van der Waals surface area contributed by atoms with Crippen molar-refractivity contribution in [3.63, 3.8) is 0 Å². The molecule has 0 saturated heterocycles. The summed E-state index contributed by atoms with van der Waals surface area (Å²) >= 11 is 5.79. The zero-order valence-corrected chi connectivity index (χ0v) is 12.2. The summed E-state index contributed by atoms with van der Waals surface area (Å²) in [5, 5.41) is 15.0. The van der Waals surface area contributed by atoms with Crippen molar-refractivity contribution in [3.05, 3.63) is 34.6 Å². The molecule has 0 radical (unpaired) electrons. The summed E-state index contributed by atoms with van der Waals surface area (Å²) in [4.78, 5) is 12.3. The van der Waals surface area contributed by atoms with Crippen molar-refractivity contribution in [2.24, 2.45) is 10.9 Å². The van der Waals surface area contributed by atoms with Gasteiger partial charge in [0.1, 0.15) is 11.4 Å². The second-order valence-corrected chi connectivity index (χ2v) is 5.64. The molecule has 114 valence electrons. The number of amidine groups is 1. The molecule has 0 unspecified atom stereocenters. The van der Waals surface area contributed by atoms with Crippen molar-refractivity contribution in [2.75, 3.05) is 0 Å². The van der Waals surface area contributed by atoms with E-state index in [0.29, 0.717) is 12.8 Å². The van der Waals surface area contributed by atoms with Gasteiger partial charge in [0.2, 0.25) is 0 Å². The molecule has 7 heteroatoms. The highest BCUT2D eigenvalue weighted by Crippen LogP contribution is 2.29. The van der Waals surface area contributed by atoms with Gasteiger partial charge < -0.3 is 16.3 Å². The van der Waals surface area contributed by atoms with Crippen molar-refractivity contribution < 1.29 is 14.4 Å². The van der Waals surface area contributed by atoms with Crippen LogP contribution in [0.4, 0.5) is 4.39 Å². The maximum Gasteiger partial charge on any atom is 0.255 e. The van der Waals surface area contributed by atoms with E-state index in [1.54, 1.807) is 0 Å². The predicted octanol–water partition coefficient (Wildman–Crippen LogP) is 2.66. The van der Waals surface area contributed by atoms with Crippen LogP contribution in [-0.2, 0) is 0 Å². The summed E-state index contributed by atoms with van der Waals surface area (Å²) in [5.74, 6) is -1.34. The van der Waals surface area contributed by atoms with E-state index in [0.717, 1.165) is 25.3 Å². The quantitative estimate of drug-likeness (QED) is 0.347. The second kappa shape index (κ2) is 6.30. The van der Waals surface area contributed by atoms with Gasteiger partial charge >= 0.3 is 0 Å². The number of nitrogens with two attached hydrogens (primary N) is 1. The number of oxime groups is 1. The van der Waals surface area contributed by atoms with Gasteiger partial charge in [0.15, 0.2) is 5.84 Å². The molecule has 1 aliphatic carbocycles. The van der Waals surface area contributed by atoms with E-state index in [-0.39, 0.29) is 16.4 Å². The number of rotatable bonds is 3. The molecule has 5 nitrogen and oxygen atoms in total. The van der Waals surface area contributed by atoms with Crippen LogP contribution in [-0.4, -0.2) is 22.5 Å². The molecule has 1 aliphatic rings. The molecule has 21 heavy (non-hydrogen) atoms. The predicted molar refractivity (Wildman–Crippen MR) is 78.1 cm³/mol. The van der Waals surface area contributed by atoms with E-state index in [1.165, 1.54) is 12.1 Å². The lowest BCUT2D eigenvalue weighted by atomic mass is 9.80. The van der Waals surface area contributed by atoms with E-state index >= 15 is 0 Å². The summed E-state index contributed by atoms with van der Waals surface area (Å²) in [5.41, 5.74) is 4.66. The highest BCUT2D eigenvalue weighted by molar-refractivity contribution is 6.31. The molecule has 0 heterocycles. The van der Waals surface area contributed by atoms with Crippen molar-refractivity contribution in [1.29, 1.82) is 0 Å². The van der Waals surface area contributed by atoms with Crippen molar-refractivity contribution in [1.82, 2.24) is 5.32 Å². The van der Waals surface area contributed by atoms with Crippen LogP contribution in [0, 0.1) is 5.82 Å². The lowest BCUT2D eigenvalue weighted by Gasteiger charge is -2.36. The van der Waals surface area contributed by atoms with Crippen LogP contribution in [0.15, 0.2) is 23.4 Å². The number of benzene rings is 1. The fourth-order valence-corrected chi connectivity index (χ4v) is 2.82. The number of halogens is 2. The first-order valence-corrected chi connectivity index (χ1v) is 7.12. The Labute approximate surface area is 127 Å². The SMILES string of the molecule is N/C(=N/O)C1(NC(=O)c2cc(Cl)ccc2F)CCCCC1. The molecular formula is C14H17ClFN3O2. The zero-order valence-electron chi connectivity index (χ0n) is 11.4. The normalized spacial score (nSPS) is 18.3. The van der Waals surface area contributed by atoms with Gasteiger partial charge in [0.25, 0.3) is 5.91 Å². The number of carbonyl (C=O) groups is 1. The number of nitrogens with one attached hydrogen (secondary N) is 1. The first-order chi connectivity index (χ1) is 9.98. The molecule has 1 fully saturated rings. The number of hydrogen-bond donors (Lipinski definition) is 3. The average Bonchev–Trinajstić information content (AvgIpc) is 2.49. The van der Waals surface area contributed by atoms with E-state index in [4.69, 9.17) is 22.5 Å². The topological polar surface area (TPSA) is 87.7 Å². The van der Waals surface area contributed by atoms with Crippen LogP contribution in [0.5, 0.6) is 0 Å². The molecule has 0 spiro atoms. The van der Waals surface area contributed by atoms with Gasteiger partial charge in [-0.1, -0.05) is 36.0 Å². The van der Waals surface area contributed by atoms with E-state index in [9.17, 15) is 9.18 Å². The highest BCUT2D eigenvalue weighted by atomic mass is 35.5. The molecule has 0 atom stereocenters. The van der Waals surface area contributed by atoms with Crippen LogP contribution in [0.2, 0.25) is 5.02 Å². The molecule has 1 aromatic carbocycles. The Morgan fingerprint density at radius 3 is 2.67 bits per heavy atom. The number of nitrogens with zero attached hydrogens (tertiary/aromatic N) is 1. The minimum Gasteiger partial charge on any atom is -0.409 e. The maximum atomic E-state index is 13.8. The average molecular weight is 314 g/mol. The summed E-state index contributed by atoms with van der Waals surface area (Å²) in [6, 6.07) is 3.76. The van der Waals surface area contributed by atoms with E-state index < -0.39 is 17.3 Å². The van der Waals surface area contributed by atoms with Gasteiger partial charge in [0.05, 0.1) is 5.56 Å². The third-order valence-electron chi connectivity index (χ3n) is 3.83. The monoisotopic (exact) mass is 313 g/mol. The molecule has 2 rings (SSSR count). The number of amides is 1. The zero-order chi connectivity index (χ0) is 15.5. The first-order valence-electron chi connectivity index (χ1n) is 6.74. The lowest BCUT2D eigenvalue weighted by molar-refractivity contribution is 0.0901. The van der Waals surface area contributed by atoms with Gasteiger partial charge in [-0.15, -0.1) is 0 Å².